The fourth-order valence-electron chi connectivity index (χ4n) is 2.68. The molecule has 0 fully saturated rings. The van der Waals surface area contributed by atoms with Gasteiger partial charge in [0.1, 0.15) is 11.5 Å². The maximum absolute atomic E-state index is 12.7. The molecule has 25 heavy (non-hydrogen) atoms. The molecule has 2 aromatic rings. The smallest absolute Gasteiger partial charge is 0.198 e. The molecule has 0 unspecified atom stereocenters. The summed E-state index contributed by atoms with van der Waals surface area (Å²) in [5.74, 6) is -0.722. The van der Waals surface area contributed by atoms with Crippen LogP contribution in [0.2, 0.25) is 0 Å². The molecule has 0 aliphatic heterocycles. The Morgan fingerprint density at radius 1 is 1.00 bits per heavy atom. The van der Waals surface area contributed by atoms with Gasteiger partial charge in [0.15, 0.2) is 11.6 Å². The Morgan fingerprint density at radius 3 is 2.12 bits per heavy atom. The van der Waals surface area contributed by atoms with Crippen molar-refractivity contribution < 1.29 is 19.8 Å². The lowest BCUT2D eigenvalue weighted by atomic mass is 9.83. The number of phenolic OH excluding ortho intramolecular Hbond substituents is 2. The molecule has 0 atom stereocenters. The van der Waals surface area contributed by atoms with Crippen molar-refractivity contribution in [3.63, 3.8) is 0 Å². The summed E-state index contributed by atoms with van der Waals surface area (Å²) in [6.45, 7) is 0.775. The van der Waals surface area contributed by atoms with Gasteiger partial charge in [-0.15, -0.1) is 24.2 Å². The summed E-state index contributed by atoms with van der Waals surface area (Å²) in [7, 11) is 3.87. The SMILES string of the molecule is CN(C)CCSc1cc(O)c2c(c1O)C(=O)c1ccccc1C2=O.Cl. The number of ketones is 2. The van der Waals surface area contributed by atoms with Crippen LogP contribution in [0.15, 0.2) is 35.2 Å². The monoisotopic (exact) mass is 379 g/mol. The molecule has 7 heteroatoms. The van der Waals surface area contributed by atoms with Gasteiger partial charge in [-0.25, -0.2) is 0 Å². The highest BCUT2D eigenvalue weighted by Crippen LogP contribution is 2.43. The van der Waals surface area contributed by atoms with Crippen LogP contribution in [-0.2, 0) is 0 Å². The normalized spacial score (nSPS) is 12.6. The topological polar surface area (TPSA) is 77.8 Å². The molecule has 1 aliphatic rings. The zero-order valence-electron chi connectivity index (χ0n) is 13.8. The Labute approximate surface area is 156 Å². The van der Waals surface area contributed by atoms with E-state index in [0.717, 1.165) is 6.54 Å². The third-order valence-electron chi connectivity index (χ3n) is 3.91. The Morgan fingerprint density at radius 2 is 1.56 bits per heavy atom. The van der Waals surface area contributed by atoms with Gasteiger partial charge in [-0.2, -0.15) is 0 Å². The number of benzene rings is 2. The summed E-state index contributed by atoms with van der Waals surface area (Å²) >= 11 is 1.33. The summed E-state index contributed by atoms with van der Waals surface area (Å²) in [5, 5.41) is 20.8. The zero-order chi connectivity index (χ0) is 17.4. The number of carbonyl (C=O) groups is 2. The molecule has 3 rings (SSSR count). The lowest BCUT2D eigenvalue weighted by Crippen LogP contribution is -2.21. The Kier molecular flexibility index (Phi) is 5.77. The van der Waals surface area contributed by atoms with Crippen molar-refractivity contribution in [2.45, 2.75) is 4.90 Å². The van der Waals surface area contributed by atoms with Crippen molar-refractivity contribution in [1.29, 1.82) is 0 Å². The van der Waals surface area contributed by atoms with Crippen LogP contribution in [0.3, 0.4) is 0 Å². The molecule has 0 heterocycles. The van der Waals surface area contributed by atoms with Gasteiger partial charge < -0.3 is 15.1 Å². The summed E-state index contributed by atoms with van der Waals surface area (Å²) in [4.78, 5) is 27.7. The number of carbonyl (C=O) groups excluding carboxylic acids is 2. The van der Waals surface area contributed by atoms with E-state index in [4.69, 9.17) is 0 Å². The van der Waals surface area contributed by atoms with E-state index >= 15 is 0 Å². The molecular weight excluding hydrogens is 362 g/mol. The van der Waals surface area contributed by atoms with E-state index < -0.39 is 11.6 Å². The molecule has 0 radical (unpaired) electrons. The molecule has 2 N–H and O–H groups in total. The number of fused-ring (bicyclic) bond motifs is 2. The molecule has 0 amide bonds. The van der Waals surface area contributed by atoms with E-state index in [9.17, 15) is 19.8 Å². The van der Waals surface area contributed by atoms with Gasteiger partial charge in [-0.3, -0.25) is 9.59 Å². The molecule has 2 aromatic carbocycles. The maximum Gasteiger partial charge on any atom is 0.198 e. The van der Waals surface area contributed by atoms with Crippen LogP contribution < -0.4 is 0 Å². The molecular formula is C18H18ClNO4S. The lowest BCUT2D eigenvalue weighted by molar-refractivity contribution is 0.0973. The molecule has 0 saturated heterocycles. The molecule has 0 spiro atoms. The third kappa shape index (κ3) is 3.38. The number of rotatable bonds is 4. The van der Waals surface area contributed by atoms with E-state index in [1.54, 1.807) is 24.3 Å². The average Bonchev–Trinajstić information content (AvgIpc) is 2.55. The molecule has 0 saturated carbocycles. The molecule has 132 valence electrons. The van der Waals surface area contributed by atoms with Gasteiger partial charge >= 0.3 is 0 Å². The summed E-state index contributed by atoms with van der Waals surface area (Å²) in [6.07, 6.45) is 0. The summed E-state index contributed by atoms with van der Waals surface area (Å²) < 4.78 is 0. The van der Waals surface area contributed by atoms with E-state index in [2.05, 4.69) is 0 Å². The number of thioether (sulfide) groups is 1. The van der Waals surface area contributed by atoms with Crippen LogP contribution >= 0.6 is 24.2 Å². The van der Waals surface area contributed by atoms with Gasteiger partial charge in [0.25, 0.3) is 0 Å². The average molecular weight is 380 g/mol. The number of hydrogen-bond donors (Lipinski definition) is 2. The van der Waals surface area contributed by atoms with Crippen LogP contribution in [0.1, 0.15) is 31.8 Å². The van der Waals surface area contributed by atoms with Crippen molar-refractivity contribution in [2.24, 2.45) is 0 Å². The van der Waals surface area contributed by atoms with Crippen molar-refractivity contribution in [3.05, 3.63) is 52.6 Å². The van der Waals surface area contributed by atoms with E-state index in [1.807, 2.05) is 19.0 Å². The van der Waals surface area contributed by atoms with Crippen molar-refractivity contribution in [3.8, 4) is 11.5 Å². The minimum absolute atomic E-state index is 0. The second-order valence-electron chi connectivity index (χ2n) is 5.85. The number of nitrogens with zero attached hydrogens (tertiary/aromatic N) is 1. The Balaban J connectivity index is 0.00000225. The molecule has 0 aromatic heterocycles. The maximum atomic E-state index is 12.7. The largest absolute Gasteiger partial charge is 0.507 e. The third-order valence-corrected chi connectivity index (χ3v) is 4.92. The first-order chi connectivity index (χ1) is 11.4. The second-order valence-corrected chi connectivity index (χ2v) is 6.98. The predicted octanol–water partition coefficient (Wildman–Crippen LogP) is 2.95. The number of halogens is 1. The van der Waals surface area contributed by atoms with E-state index in [0.29, 0.717) is 10.6 Å². The zero-order valence-corrected chi connectivity index (χ0v) is 15.4. The standard InChI is InChI=1S/C18H17NO4S.ClH/c1-19(2)7-8-24-13-9-12(20)14-15(18(13)23)17(22)11-6-4-3-5-10(11)16(14)21;/h3-6,9,20,23H,7-8H2,1-2H3;1H. The first-order valence-corrected chi connectivity index (χ1v) is 8.45. The summed E-state index contributed by atoms with van der Waals surface area (Å²) in [6, 6.07) is 7.79. The second kappa shape index (κ2) is 7.47. The van der Waals surface area contributed by atoms with Crippen LogP contribution in [0.25, 0.3) is 0 Å². The van der Waals surface area contributed by atoms with Crippen molar-refractivity contribution >= 4 is 35.7 Å². The van der Waals surface area contributed by atoms with Crippen molar-refractivity contribution in [2.75, 3.05) is 26.4 Å². The van der Waals surface area contributed by atoms with E-state index in [1.165, 1.54) is 17.8 Å². The van der Waals surface area contributed by atoms with Crippen LogP contribution in [0.5, 0.6) is 11.5 Å². The first-order valence-electron chi connectivity index (χ1n) is 7.46. The Bertz CT molecular complexity index is 851. The van der Waals surface area contributed by atoms with Gasteiger partial charge in [-0.05, 0) is 20.2 Å². The van der Waals surface area contributed by atoms with Gasteiger partial charge in [-0.1, -0.05) is 24.3 Å². The fraction of sp³-hybridized carbons (Fsp3) is 0.222. The minimum atomic E-state index is -0.446. The lowest BCUT2D eigenvalue weighted by Gasteiger charge is -2.21. The highest BCUT2D eigenvalue weighted by molar-refractivity contribution is 7.99. The fourth-order valence-corrected chi connectivity index (χ4v) is 3.79. The van der Waals surface area contributed by atoms with Gasteiger partial charge in [0.2, 0.25) is 0 Å². The molecule has 1 aliphatic carbocycles. The minimum Gasteiger partial charge on any atom is -0.507 e. The van der Waals surface area contributed by atoms with Crippen LogP contribution in [0.4, 0.5) is 0 Å². The number of hydrogen-bond acceptors (Lipinski definition) is 6. The number of phenols is 2. The van der Waals surface area contributed by atoms with Crippen molar-refractivity contribution in [1.82, 2.24) is 4.90 Å². The summed E-state index contributed by atoms with van der Waals surface area (Å²) in [5.41, 5.74) is 0.275. The quantitative estimate of drug-likeness (QED) is 0.536. The molecule has 5 nitrogen and oxygen atoms in total. The Hall–Kier alpha value is -2.02. The van der Waals surface area contributed by atoms with Crippen LogP contribution in [-0.4, -0.2) is 53.1 Å². The highest BCUT2D eigenvalue weighted by Gasteiger charge is 2.35. The highest BCUT2D eigenvalue weighted by atomic mass is 35.5. The van der Waals surface area contributed by atoms with Gasteiger partial charge in [0.05, 0.1) is 16.0 Å². The van der Waals surface area contributed by atoms with Crippen LogP contribution in [0, 0.1) is 0 Å². The first kappa shape index (κ1) is 19.3. The predicted molar refractivity (Wildman–Crippen MR) is 99.6 cm³/mol. The van der Waals surface area contributed by atoms with E-state index in [-0.39, 0.29) is 46.2 Å². The molecule has 0 bridgehead atoms. The number of aromatic hydroxyl groups is 2. The van der Waals surface area contributed by atoms with Gasteiger partial charge in [0, 0.05) is 23.4 Å².